The molecule has 2 heterocycles. The van der Waals surface area contributed by atoms with Crippen molar-refractivity contribution in [1.82, 2.24) is 5.32 Å². The maximum absolute atomic E-state index is 5.73. The molecule has 0 amide bonds. The summed E-state index contributed by atoms with van der Waals surface area (Å²) in [7, 11) is 2.15. The lowest BCUT2D eigenvalue weighted by Crippen LogP contribution is -2.40. The SMILES string of the molecule is CN(CCC1CNCCO1)c1ccc2c(c1)CCO2. The summed E-state index contributed by atoms with van der Waals surface area (Å²) in [5.74, 6) is 1.05. The van der Waals surface area contributed by atoms with Gasteiger partial charge in [-0.15, -0.1) is 0 Å². The molecule has 1 unspecified atom stereocenters. The van der Waals surface area contributed by atoms with Gasteiger partial charge in [0.15, 0.2) is 0 Å². The van der Waals surface area contributed by atoms with E-state index in [1.165, 1.54) is 11.3 Å². The van der Waals surface area contributed by atoms with Crippen molar-refractivity contribution >= 4 is 5.69 Å². The first-order chi connectivity index (χ1) is 9.33. The molecular formula is C15H22N2O2. The van der Waals surface area contributed by atoms with E-state index in [1.807, 2.05) is 0 Å². The van der Waals surface area contributed by atoms with Crippen LogP contribution in [-0.2, 0) is 11.2 Å². The van der Waals surface area contributed by atoms with Crippen LogP contribution in [0.3, 0.4) is 0 Å². The summed E-state index contributed by atoms with van der Waals surface area (Å²) in [5.41, 5.74) is 2.60. The number of ether oxygens (including phenoxy) is 2. The minimum atomic E-state index is 0.356. The normalized spacial score (nSPS) is 21.8. The fraction of sp³-hybridized carbons (Fsp3) is 0.600. The van der Waals surface area contributed by atoms with Gasteiger partial charge in [0.05, 0.1) is 19.3 Å². The highest BCUT2D eigenvalue weighted by Crippen LogP contribution is 2.29. The first kappa shape index (κ1) is 12.8. The smallest absolute Gasteiger partial charge is 0.122 e. The van der Waals surface area contributed by atoms with Crippen molar-refractivity contribution in [1.29, 1.82) is 0 Å². The zero-order chi connectivity index (χ0) is 13.1. The standard InChI is InChI=1S/C15H22N2O2/c1-17(7-4-14-11-16-6-9-18-14)13-2-3-15-12(10-13)5-8-19-15/h2-3,10,14,16H,4-9,11H2,1H3. The zero-order valence-electron chi connectivity index (χ0n) is 11.5. The van der Waals surface area contributed by atoms with Crippen LogP contribution in [0.2, 0.25) is 0 Å². The van der Waals surface area contributed by atoms with E-state index in [1.54, 1.807) is 0 Å². The van der Waals surface area contributed by atoms with Gasteiger partial charge in [0.1, 0.15) is 5.75 Å². The minimum absolute atomic E-state index is 0.356. The van der Waals surface area contributed by atoms with Gasteiger partial charge >= 0.3 is 0 Å². The lowest BCUT2D eigenvalue weighted by molar-refractivity contribution is 0.0250. The van der Waals surface area contributed by atoms with Crippen LogP contribution in [-0.4, -0.2) is 46.0 Å². The maximum Gasteiger partial charge on any atom is 0.122 e. The number of rotatable bonds is 4. The van der Waals surface area contributed by atoms with E-state index in [9.17, 15) is 0 Å². The Balaban J connectivity index is 1.56. The van der Waals surface area contributed by atoms with E-state index in [2.05, 4.69) is 35.5 Å². The van der Waals surface area contributed by atoms with Gasteiger partial charge in [-0.2, -0.15) is 0 Å². The third-order valence-corrected chi connectivity index (χ3v) is 3.90. The molecule has 0 aromatic heterocycles. The van der Waals surface area contributed by atoms with Crippen molar-refractivity contribution in [2.24, 2.45) is 0 Å². The molecule has 0 saturated carbocycles. The van der Waals surface area contributed by atoms with Crippen molar-refractivity contribution in [3.05, 3.63) is 23.8 Å². The molecule has 104 valence electrons. The van der Waals surface area contributed by atoms with E-state index < -0.39 is 0 Å². The van der Waals surface area contributed by atoms with Crippen LogP contribution >= 0.6 is 0 Å². The summed E-state index contributed by atoms with van der Waals surface area (Å²) in [6.45, 7) is 4.64. The Hall–Kier alpha value is -1.26. The number of morpholine rings is 1. The molecule has 1 aromatic rings. The number of hydrogen-bond acceptors (Lipinski definition) is 4. The lowest BCUT2D eigenvalue weighted by Gasteiger charge is -2.27. The highest BCUT2D eigenvalue weighted by atomic mass is 16.5. The summed E-state index contributed by atoms with van der Waals surface area (Å²) < 4.78 is 11.3. The van der Waals surface area contributed by atoms with Crippen LogP contribution in [0.1, 0.15) is 12.0 Å². The summed E-state index contributed by atoms with van der Waals surface area (Å²) in [4.78, 5) is 2.30. The van der Waals surface area contributed by atoms with E-state index in [4.69, 9.17) is 9.47 Å². The summed E-state index contributed by atoms with van der Waals surface area (Å²) in [5, 5.41) is 3.37. The minimum Gasteiger partial charge on any atom is -0.493 e. The third-order valence-electron chi connectivity index (χ3n) is 3.90. The van der Waals surface area contributed by atoms with Crippen molar-refractivity contribution < 1.29 is 9.47 Å². The van der Waals surface area contributed by atoms with Crippen LogP contribution < -0.4 is 15.0 Å². The van der Waals surface area contributed by atoms with Gasteiger partial charge < -0.3 is 19.7 Å². The van der Waals surface area contributed by atoms with E-state index in [0.29, 0.717) is 6.10 Å². The summed E-state index contributed by atoms with van der Waals surface area (Å²) >= 11 is 0. The Morgan fingerprint density at radius 2 is 2.32 bits per heavy atom. The first-order valence-electron chi connectivity index (χ1n) is 7.12. The van der Waals surface area contributed by atoms with Crippen molar-refractivity contribution in [2.75, 3.05) is 44.8 Å². The van der Waals surface area contributed by atoms with Gasteiger partial charge in [-0.05, 0) is 30.2 Å². The van der Waals surface area contributed by atoms with Gasteiger partial charge in [-0.1, -0.05) is 0 Å². The Morgan fingerprint density at radius 3 is 3.16 bits per heavy atom. The van der Waals surface area contributed by atoms with E-state index in [-0.39, 0.29) is 0 Å². The lowest BCUT2D eigenvalue weighted by atomic mass is 10.1. The van der Waals surface area contributed by atoms with Crippen LogP contribution in [0.25, 0.3) is 0 Å². The number of nitrogens with one attached hydrogen (secondary N) is 1. The Bertz CT molecular complexity index is 430. The Kier molecular flexibility index (Phi) is 3.89. The molecule has 0 spiro atoms. The first-order valence-corrected chi connectivity index (χ1v) is 7.12. The predicted octanol–water partition coefficient (Wildman–Crippen LogP) is 1.44. The number of benzene rings is 1. The molecule has 1 saturated heterocycles. The van der Waals surface area contributed by atoms with Crippen LogP contribution in [0, 0.1) is 0 Å². The molecule has 1 N–H and O–H groups in total. The van der Waals surface area contributed by atoms with E-state index in [0.717, 1.165) is 51.4 Å². The van der Waals surface area contributed by atoms with Crippen molar-refractivity contribution in [3.8, 4) is 5.75 Å². The van der Waals surface area contributed by atoms with Crippen LogP contribution in [0.15, 0.2) is 18.2 Å². The molecule has 2 aliphatic heterocycles. The number of nitrogens with zero attached hydrogens (tertiary/aromatic N) is 1. The predicted molar refractivity (Wildman–Crippen MR) is 76.1 cm³/mol. The average Bonchev–Trinajstić information content (AvgIpc) is 2.93. The maximum atomic E-state index is 5.73. The zero-order valence-corrected chi connectivity index (χ0v) is 11.5. The number of anilines is 1. The molecule has 0 bridgehead atoms. The van der Waals surface area contributed by atoms with Gasteiger partial charge in [-0.25, -0.2) is 0 Å². The highest BCUT2D eigenvalue weighted by Gasteiger charge is 2.16. The topological polar surface area (TPSA) is 33.7 Å². The molecule has 1 fully saturated rings. The Labute approximate surface area is 114 Å². The summed E-state index contributed by atoms with van der Waals surface area (Å²) in [6.07, 6.45) is 2.46. The van der Waals surface area contributed by atoms with E-state index >= 15 is 0 Å². The molecule has 19 heavy (non-hydrogen) atoms. The summed E-state index contributed by atoms with van der Waals surface area (Å²) in [6, 6.07) is 6.49. The molecule has 4 nitrogen and oxygen atoms in total. The fourth-order valence-electron chi connectivity index (χ4n) is 2.68. The molecule has 0 radical (unpaired) electrons. The molecule has 0 aliphatic carbocycles. The largest absolute Gasteiger partial charge is 0.493 e. The molecule has 4 heteroatoms. The molecule has 3 rings (SSSR count). The average molecular weight is 262 g/mol. The number of hydrogen-bond donors (Lipinski definition) is 1. The monoisotopic (exact) mass is 262 g/mol. The van der Waals surface area contributed by atoms with Crippen molar-refractivity contribution in [3.63, 3.8) is 0 Å². The van der Waals surface area contributed by atoms with Gasteiger partial charge in [0, 0.05) is 38.8 Å². The second kappa shape index (κ2) is 5.80. The van der Waals surface area contributed by atoms with Gasteiger partial charge in [0.2, 0.25) is 0 Å². The molecule has 1 aromatic carbocycles. The quantitative estimate of drug-likeness (QED) is 0.890. The highest BCUT2D eigenvalue weighted by molar-refractivity contribution is 5.53. The van der Waals surface area contributed by atoms with Crippen molar-refractivity contribution in [2.45, 2.75) is 18.9 Å². The second-order valence-corrected chi connectivity index (χ2v) is 5.30. The molecule has 1 atom stereocenters. The fourth-order valence-corrected chi connectivity index (χ4v) is 2.68. The second-order valence-electron chi connectivity index (χ2n) is 5.30. The molecular weight excluding hydrogens is 240 g/mol. The van der Waals surface area contributed by atoms with Gasteiger partial charge in [0.25, 0.3) is 0 Å². The van der Waals surface area contributed by atoms with Crippen LogP contribution in [0.4, 0.5) is 5.69 Å². The third kappa shape index (κ3) is 3.01. The number of fused-ring (bicyclic) bond motifs is 1. The molecule has 2 aliphatic rings. The Morgan fingerprint density at radius 1 is 1.37 bits per heavy atom. The van der Waals surface area contributed by atoms with Gasteiger partial charge in [-0.3, -0.25) is 0 Å². The van der Waals surface area contributed by atoms with Crippen LogP contribution in [0.5, 0.6) is 5.75 Å².